The van der Waals surface area contributed by atoms with Gasteiger partial charge in [-0.05, 0) is 37.5 Å². The van der Waals surface area contributed by atoms with Crippen molar-refractivity contribution in [3.05, 3.63) is 34.4 Å². The first-order valence-electron chi connectivity index (χ1n) is 5.70. The van der Waals surface area contributed by atoms with Gasteiger partial charge in [0, 0.05) is 0 Å². The minimum absolute atomic E-state index is 0. The number of halogens is 3. The van der Waals surface area contributed by atoms with Gasteiger partial charge in [-0.3, -0.25) is 0 Å². The van der Waals surface area contributed by atoms with E-state index in [1.54, 1.807) is 13.8 Å². The molecule has 0 aliphatic carbocycles. The third-order valence-corrected chi connectivity index (χ3v) is 3.11. The molecule has 1 heterocycles. The zero-order valence-electron chi connectivity index (χ0n) is 10.9. The topological polar surface area (TPSA) is 38.3 Å². The Kier molecular flexibility index (Phi) is 4.40. The number of aryl methyl sites for hydroxylation is 3. The van der Waals surface area contributed by atoms with Crippen molar-refractivity contribution >= 4 is 18.5 Å². The number of alkyl carbamates (subject to hydrolysis) is 1. The van der Waals surface area contributed by atoms with Crippen LogP contribution in [0.4, 0.5) is 13.6 Å². The van der Waals surface area contributed by atoms with E-state index < -0.39 is 24.7 Å². The molecule has 19 heavy (non-hydrogen) atoms. The van der Waals surface area contributed by atoms with Crippen LogP contribution >= 0.6 is 12.4 Å². The normalized spacial score (nSPS) is 21.1. The van der Waals surface area contributed by atoms with Gasteiger partial charge >= 0.3 is 12.0 Å². The number of nitrogens with one attached hydrogen (secondary N) is 1. The van der Waals surface area contributed by atoms with Gasteiger partial charge in [0.2, 0.25) is 0 Å². The molecule has 1 N–H and O–H groups in total. The first-order valence-corrected chi connectivity index (χ1v) is 5.70. The molecule has 3 nitrogen and oxygen atoms in total. The second kappa shape index (κ2) is 5.33. The molecule has 1 aromatic rings. The van der Waals surface area contributed by atoms with E-state index in [0.29, 0.717) is 5.56 Å². The number of rotatable bonds is 1. The van der Waals surface area contributed by atoms with Gasteiger partial charge in [0.15, 0.2) is 6.61 Å². The van der Waals surface area contributed by atoms with E-state index in [1.165, 1.54) is 0 Å². The zero-order chi connectivity index (χ0) is 13.5. The summed E-state index contributed by atoms with van der Waals surface area (Å²) in [5, 5.41) is 2.21. The molecule has 1 amide bonds. The van der Waals surface area contributed by atoms with E-state index in [2.05, 4.69) is 10.1 Å². The summed E-state index contributed by atoms with van der Waals surface area (Å²) in [6.45, 7) is 4.57. The highest BCUT2D eigenvalue weighted by Gasteiger charge is 2.47. The standard InChI is InChI=1S/C13H15F2NO2.ClH/c1-7-4-8(2)10(9(3)5-7)11-13(14,15)6-18-12(17)16-11;/h4-5,11H,6H2,1-3H3,(H,16,17);1H/t11-;/m0./s1. The molecule has 0 bridgehead atoms. The molecule has 1 aliphatic heterocycles. The molecule has 1 aliphatic rings. The SMILES string of the molecule is Cc1cc(C)c([C@@H]2NC(=O)OCC2(F)F)c(C)c1.Cl. The van der Waals surface area contributed by atoms with Crippen LogP contribution in [0.5, 0.6) is 0 Å². The maximum atomic E-state index is 13.8. The fourth-order valence-corrected chi connectivity index (χ4v) is 2.44. The van der Waals surface area contributed by atoms with Crippen molar-refractivity contribution in [3.63, 3.8) is 0 Å². The number of benzene rings is 1. The highest BCUT2D eigenvalue weighted by molar-refractivity contribution is 5.85. The number of amides is 1. The summed E-state index contributed by atoms with van der Waals surface area (Å²) >= 11 is 0. The molecule has 1 saturated heterocycles. The number of ether oxygens (including phenoxy) is 1. The minimum Gasteiger partial charge on any atom is -0.443 e. The number of hydrogen-bond donors (Lipinski definition) is 1. The third kappa shape index (κ3) is 2.97. The van der Waals surface area contributed by atoms with E-state index in [-0.39, 0.29) is 12.4 Å². The van der Waals surface area contributed by atoms with Gasteiger partial charge in [-0.1, -0.05) is 17.7 Å². The molecule has 2 rings (SSSR count). The number of alkyl halides is 2. The Labute approximate surface area is 116 Å². The van der Waals surface area contributed by atoms with Gasteiger partial charge in [-0.2, -0.15) is 0 Å². The fourth-order valence-electron chi connectivity index (χ4n) is 2.44. The molecule has 0 aromatic heterocycles. The fraction of sp³-hybridized carbons (Fsp3) is 0.462. The van der Waals surface area contributed by atoms with Crippen LogP contribution in [0, 0.1) is 20.8 Å². The summed E-state index contributed by atoms with van der Waals surface area (Å²) in [6.07, 6.45) is -0.801. The number of cyclic esters (lactones) is 1. The lowest BCUT2D eigenvalue weighted by Gasteiger charge is -2.33. The summed E-state index contributed by atoms with van der Waals surface area (Å²) in [7, 11) is 0. The van der Waals surface area contributed by atoms with Gasteiger partial charge in [0.25, 0.3) is 0 Å². The Morgan fingerprint density at radius 1 is 1.26 bits per heavy atom. The van der Waals surface area contributed by atoms with Crippen molar-refractivity contribution in [2.45, 2.75) is 32.7 Å². The van der Waals surface area contributed by atoms with Crippen molar-refractivity contribution in [2.75, 3.05) is 6.61 Å². The highest BCUT2D eigenvalue weighted by Crippen LogP contribution is 2.37. The van der Waals surface area contributed by atoms with Gasteiger partial charge in [0.1, 0.15) is 6.04 Å². The Bertz CT molecular complexity index is 482. The van der Waals surface area contributed by atoms with Crippen LogP contribution in [-0.2, 0) is 4.74 Å². The van der Waals surface area contributed by atoms with Gasteiger partial charge in [-0.15, -0.1) is 12.4 Å². The average molecular weight is 292 g/mol. The monoisotopic (exact) mass is 291 g/mol. The number of carbonyl (C=O) groups is 1. The lowest BCUT2D eigenvalue weighted by Crippen LogP contribution is -2.50. The molecule has 0 saturated carbocycles. The highest BCUT2D eigenvalue weighted by atomic mass is 35.5. The maximum absolute atomic E-state index is 13.8. The average Bonchev–Trinajstić information content (AvgIpc) is 2.22. The van der Waals surface area contributed by atoms with Crippen LogP contribution < -0.4 is 5.32 Å². The summed E-state index contributed by atoms with van der Waals surface area (Å²) in [4.78, 5) is 11.2. The quantitative estimate of drug-likeness (QED) is 0.860. The molecular formula is C13H16ClF2NO2. The van der Waals surface area contributed by atoms with Gasteiger partial charge < -0.3 is 10.1 Å². The lowest BCUT2D eigenvalue weighted by atomic mass is 9.90. The zero-order valence-corrected chi connectivity index (χ0v) is 11.7. The van der Waals surface area contributed by atoms with Crippen LogP contribution in [0.2, 0.25) is 0 Å². The summed E-state index contributed by atoms with van der Waals surface area (Å²) < 4.78 is 32.0. The van der Waals surface area contributed by atoms with Crippen molar-refractivity contribution in [1.29, 1.82) is 0 Å². The van der Waals surface area contributed by atoms with Crippen molar-refractivity contribution < 1.29 is 18.3 Å². The first-order chi connectivity index (χ1) is 8.31. The Balaban J connectivity index is 0.00000180. The molecule has 0 spiro atoms. The van der Waals surface area contributed by atoms with Crippen LogP contribution in [0.3, 0.4) is 0 Å². The second-order valence-corrected chi connectivity index (χ2v) is 4.73. The number of hydrogen-bond acceptors (Lipinski definition) is 2. The van der Waals surface area contributed by atoms with Crippen molar-refractivity contribution in [3.8, 4) is 0 Å². The van der Waals surface area contributed by atoms with Crippen LogP contribution in [0.15, 0.2) is 12.1 Å². The van der Waals surface area contributed by atoms with Crippen LogP contribution in [-0.4, -0.2) is 18.6 Å². The largest absolute Gasteiger partial charge is 0.443 e. The number of carbonyl (C=O) groups excluding carboxylic acids is 1. The van der Waals surface area contributed by atoms with E-state index in [0.717, 1.165) is 16.7 Å². The Morgan fingerprint density at radius 2 is 1.79 bits per heavy atom. The summed E-state index contributed by atoms with van der Waals surface area (Å²) in [5.74, 6) is -3.10. The molecule has 1 atom stereocenters. The van der Waals surface area contributed by atoms with E-state index in [1.807, 2.05) is 19.1 Å². The summed E-state index contributed by atoms with van der Waals surface area (Å²) in [5.41, 5.74) is 2.98. The minimum atomic E-state index is -3.10. The second-order valence-electron chi connectivity index (χ2n) is 4.73. The van der Waals surface area contributed by atoms with E-state index >= 15 is 0 Å². The summed E-state index contributed by atoms with van der Waals surface area (Å²) in [6, 6.07) is 2.35. The smallest absolute Gasteiger partial charge is 0.408 e. The Hall–Kier alpha value is -1.36. The predicted molar refractivity (Wildman–Crippen MR) is 70.1 cm³/mol. The van der Waals surface area contributed by atoms with Crippen molar-refractivity contribution in [2.24, 2.45) is 0 Å². The van der Waals surface area contributed by atoms with Gasteiger partial charge in [0.05, 0.1) is 0 Å². The molecule has 106 valence electrons. The van der Waals surface area contributed by atoms with Gasteiger partial charge in [-0.25, -0.2) is 13.6 Å². The third-order valence-electron chi connectivity index (χ3n) is 3.11. The lowest BCUT2D eigenvalue weighted by molar-refractivity contribution is -0.104. The molecule has 0 radical (unpaired) electrons. The molecule has 0 unspecified atom stereocenters. The van der Waals surface area contributed by atoms with Crippen LogP contribution in [0.25, 0.3) is 0 Å². The predicted octanol–water partition coefficient (Wildman–Crippen LogP) is 3.45. The molecular weight excluding hydrogens is 276 g/mol. The van der Waals surface area contributed by atoms with E-state index in [4.69, 9.17) is 0 Å². The van der Waals surface area contributed by atoms with Crippen LogP contribution in [0.1, 0.15) is 28.3 Å². The van der Waals surface area contributed by atoms with E-state index in [9.17, 15) is 13.6 Å². The molecule has 1 aromatic carbocycles. The van der Waals surface area contributed by atoms with Crippen molar-refractivity contribution in [1.82, 2.24) is 5.32 Å². The molecule has 6 heteroatoms. The first kappa shape index (κ1) is 15.7. The molecule has 1 fully saturated rings. The maximum Gasteiger partial charge on any atom is 0.408 e. The Morgan fingerprint density at radius 3 is 2.32 bits per heavy atom.